The summed E-state index contributed by atoms with van der Waals surface area (Å²) in [5.41, 5.74) is 5.38. The smallest absolute Gasteiger partial charge is 0.00323 e. The van der Waals surface area contributed by atoms with Crippen LogP contribution in [0.1, 0.15) is 55.7 Å². The second-order valence-corrected chi connectivity index (χ2v) is 6.41. The quantitative estimate of drug-likeness (QED) is 0.755. The van der Waals surface area contributed by atoms with Gasteiger partial charge in [-0.05, 0) is 40.9 Å². The molecule has 1 nitrogen and oxygen atoms in total. The van der Waals surface area contributed by atoms with Crippen LogP contribution in [0, 0.1) is 18.3 Å². The third kappa shape index (κ3) is 2.30. The van der Waals surface area contributed by atoms with Crippen LogP contribution in [-0.2, 0) is 6.42 Å². The second kappa shape index (κ2) is 5.39. The van der Waals surface area contributed by atoms with Crippen LogP contribution >= 0.6 is 0 Å². The molecule has 3 rings (SSSR count). The number of fused-ring (bicyclic) bond motifs is 3. The maximum Gasteiger partial charge on any atom is 0.00323 e. The average molecular weight is 255 g/mol. The standard InChI is InChI=1S/C16H23N.C2H2/c1-11(2)12-5-4-6-14-13(12)7-8-16(3)10-17-9-15(14)16;1-2/h4-6,11,15,17H,7-10H2,1-3H3;1-2H/t15?,16-;/m0./s1. The Hall–Kier alpha value is -1.26. The third-order valence-electron chi connectivity index (χ3n) is 4.91. The maximum atomic E-state index is 4.00. The molecule has 0 saturated carbocycles. The Bertz CT molecular complexity index is 472. The van der Waals surface area contributed by atoms with Crippen molar-refractivity contribution < 1.29 is 0 Å². The first-order valence-corrected chi connectivity index (χ1v) is 7.27. The highest BCUT2D eigenvalue weighted by atomic mass is 14.9. The molecule has 1 saturated heterocycles. The van der Waals surface area contributed by atoms with Gasteiger partial charge >= 0.3 is 0 Å². The van der Waals surface area contributed by atoms with Gasteiger partial charge in [-0.15, -0.1) is 12.8 Å². The van der Waals surface area contributed by atoms with Gasteiger partial charge in [-0.1, -0.05) is 39.0 Å². The molecule has 0 radical (unpaired) electrons. The molecule has 1 aromatic carbocycles. The van der Waals surface area contributed by atoms with Crippen molar-refractivity contribution in [1.82, 2.24) is 5.32 Å². The summed E-state index contributed by atoms with van der Waals surface area (Å²) in [7, 11) is 0. The molecule has 1 heteroatoms. The monoisotopic (exact) mass is 255 g/mol. The zero-order valence-electron chi connectivity index (χ0n) is 12.4. The minimum Gasteiger partial charge on any atom is -0.316 e. The van der Waals surface area contributed by atoms with Crippen LogP contribution in [-0.4, -0.2) is 13.1 Å². The molecule has 1 aromatic rings. The molecule has 2 aliphatic rings. The lowest BCUT2D eigenvalue weighted by atomic mass is 9.66. The van der Waals surface area contributed by atoms with Crippen molar-refractivity contribution in [3.8, 4) is 12.8 Å². The molecule has 0 bridgehead atoms. The fourth-order valence-corrected chi connectivity index (χ4v) is 3.81. The van der Waals surface area contributed by atoms with Gasteiger partial charge in [-0.25, -0.2) is 0 Å². The molecular weight excluding hydrogens is 230 g/mol. The van der Waals surface area contributed by atoms with E-state index in [-0.39, 0.29) is 0 Å². The Morgan fingerprint density at radius 1 is 1.32 bits per heavy atom. The summed E-state index contributed by atoms with van der Waals surface area (Å²) in [4.78, 5) is 0. The minimum absolute atomic E-state index is 0.503. The van der Waals surface area contributed by atoms with Crippen LogP contribution in [0.3, 0.4) is 0 Å². The van der Waals surface area contributed by atoms with E-state index in [1.54, 1.807) is 16.7 Å². The lowest BCUT2D eigenvalue weighted by Crippen LogP contribution is -2.30. The highest BCUT2D eigenvalue weighted by Crippen LogP contribution is 2.48. The van der Waals surface area contributed by atoms with Crippen molar-refractivity contribution in [1.29, 1.82) is 0 Å². The van der Waals surface area contributed by atoms with Crippen LogP contribution in [0.25, 0.3) is 0 Å². The van der Waals surface area contributed by atoms with Crippen molar-refractivity contribution in [2.24, 2.45) is 5.41 Å². The second-order valence-electron chi connectivity index (χ2n) is 6.41. The Labute approximate surface area is 117 Å². The Kier molecular flexibility index (Phi) is 4.02. The zero-order valence-corrected chi connectivity index (χ0v) is 12.4. The Morgan fingerprint density at radius 3 is 2.74 bits per heavy atom. The molecule has 0 aromatic heterocycles. The Balaban J connectivity index is 0.000000637. The Morgan fingerprint density at radius 2 is 2.05 bits per heavy atom. The molecule has 2 atom stereocenters. The van der Waals surface area contributed by atoms with Gasteiger partial charge in [0.05, 0.1) is 0 Å². The van der Waals surface area contributed by atoms with Crippen LogP contribution < -0.4 is 5.32 Å². The van der Waals surface area contributed by atoms with E-state index in [4.69, 9.17) is 0 Å². The number of nitrogens with one attached hydrogen (secondary N) is 1. The summed E-state index contributed by atoms with van der Waals surface area (Å²) >= 11 is 0. The van der Waals surface area contributed by atoms with Gasteiger partial charge in [0.15, 0.2) is 0 Å². The summed E-state index contributed by atoms with van der Waals surface area (Å²) < 4.78 is 0. The van der Waals surface area contributed by atoms with Crippen molar-refractivity contribution in [2.75, 3.05) is 13.1 Å². The molecule has 102 valence electrons. The lowest BCUT2D eigenvalue weighted by Gasteiger charge is -2.38. The first-order chi connectivity index (χ1) is 9.12. The van der Waals surface area contributed by atoms with Gasteiger partial charge in [-0.3, -0.25) is 0 Å². The van der Waals surface area contributed by atoms with Crippen LogP contribution in [0.4, 0.5) is 0 Å². The van der Waals surface area contributed by atoms with E-state index in [0.717, 1.165) is 5.92 Å². The van der Waals surface area contributed by atoms with Crippen LogP contribution in [0.15, 0.2) is 18.2 Å². The van der Waals surface area contributed by atoms with E-state index in [9.17, 15) is 0 Å². The van der Waals surface area contributed by atoms with Crippen molar-refractivity contribution in [2.45, 2.75) is 45.4 Å². The van der Waals surface area contributed by atoms with E-state index in [2.05, 4.69) is 57.1 Å². The minimum atomic E-state index is 0.503. The van der Waals surface area contributed by atoms with Crippen molar-refractivity contribution in [3.63, 3.8) is 0 Å². The number of benzene rings is 1. The summed E-state index contributed by atoms with van der Waals surface area (Å²) in [6.07, 6.45) is 10.6. The summed E-state index contributed by atoms with van der Waals surface area (Å²) in [6, 6.07) is 6.96. The summed E-state index contributed by atoms with van der Waals surface area (Å²) in [5, 5.41) is 3.59. The largest absolute Gasteiger partial charge is 0.316 e. The van der Waals surface area contributed by atoms with E-state index < -0.39 is 0 Å². The van der Waals surface area contributed by atoms with Gasteiger partial charge < -0.3 is 5.32 Å². The number of terminal acetylenes is 1. The highest BCUT2D eigenvalue weighted by molar-refractivity contribution is 5.43. The van der Waals surface area contributed by atoms with E-state index in [0.29, 0.717) is 11.3 Å². The maximum absolute atomic E-state index is 4.00. The molecule has 1 aliphatic heterocycles. The van der Waals surface area contributed by atoms with Crippen molar-refractivity contribution >= 4 is 0 Å². The van der Waals surface area contributed by atoms with Gasteiger partial charge in [0.1, 0.15) is 0 Å². The van der Waals surface area contributed by atoms with Gasteiger partial charge in [0.25, 0.3) is 0 Å². The van der Waals surface area contributed by atoms with E-state index in [1.165, 1.54) is 25.9 Å². The molecule has 0 spiro atoms. The zero-order chi connectivity index (χ0) is 14.0. The third-order valence-corrected chi connectivity index (χ3v) is 4.91. The average Bonchev–Trinajstić information content (AvgIpc) is 2.82. The molecule has 1 fully saturated rings. The SMILES string of the molecule is C#C.CC(C)c1cccc2c1CC[C@@]1(C)CNCC21. The van der Waals surface area contributed by atoms with E-state index >= 15 is 0 Å². The predicted molar refractivity (Wildman–Crippen MR) is 82.5 cm³/mol. The van der Waals surface area contributed by atoms with Gasteiger partial charge in [0.2, 0.25) is 0 Å². The first-order valence-electron chi connectivity index (χ1n) is 7.27. The molecule has 19 heavy (non-hydrogen) atoms. The number of hydrogen-bond donors (Lipinski definition) is 1. The van der Waals surface area contributed by atoms with Gasteiger partial charge in [0, 0.05) is 19.0 Å². The van der Waals surface area contributed by atoms with Gasteiger partial charge in [-0.2, -0.15) is 0 Å². The normalized spacial score (nSPS) is 28.2. The lowest BCUT2D eigenvalue weighted by molar-refractivity contribution is 0.276. The number of hydrogen-bond acceptors (Lipinski definition) is 1. The molecule has 1 unspecified atom stereocenters. The molecule has 0 amide bonds. The fourth-order valence-electron chi connectivity index (χ4n) is 3.81. The summed E-state index contributed by atoms with van der Waals surface area (Å²) in [6.45, 7) is 9.46. The number of rotatable bonds is 1. The van der Waals surface area contributed by atoms with Crippen molar-refractivity contribution in [3.05, 3.63) is 34.9 Å². The molecule has 1 aliphatic carbocycles. The first kappa shape index (κ1) is 14.2. The van der Waals surface area contributed by atoms with Crippen LogP contribution in [0.5, 0.6) is 0 Å². The van der Waals surface area contributed by atoms with Crippen LogP contribution in [0.2, 0.25) is 0 Å². The predicted octanol–water partition coefficient (Wildman–Crippen LogP) is 3.70. The molecule has 1 N–H and O–H groups in total. The highest BCUT2D eigenvalue weighted by Gasteiger charge is 2.43. The van der Waals surface area contributed by atoms with E-state index in [1.807, 2.05) is 0 Å². The fraction of sp³-hybridized carbons (Fsp3) is 0.556. The summed E-state index contributed by atoms with van der Waals surface area (Å²) in [5.74, 6) is 1.40. The topological polar surface area (TPSA) is 12.0 Å². The molecular formula is C18H25N. The molecule has 1 heterocycles.